The Kier molecular flexibility index (Phi) is 7.37. The first kappa shape index (κ1) is 26.1. The van der Waals surface area contributed by atoms with Gasteiger partial charge in [-0.15, -0.1) is 0 Å². The molecular weight excluding hydrogens is 454 g/mol. The van der Waals surface area contributed by atoms with E-state index in [2.05, 4.69) is 5.32 Å². The number of Topliss-reactive ketones (excluding diaryl/α,β-unsaturated/α-hetero) is 1. The zero-order chi connectivity index (χ0) is 26.2. The second kappa shape index (κ2) is 10.2. The number of benzene rings is 1. The van der Waals surface area contributed by atoms with Crippen LogP contribution in [0.5, 0.6) is 0 Å². The third-order valence-corrected chi connectivity index (χ3v) is 8.45. The lowest BCUT2D eigenvalue weighted by Crippen LogP contribution is -2.58. The smallest absolute Gasteiger partial charge is 0.303 e. The fourth-order valence-electron chi connectivity index (χ4n) is 6.51. The van der Waals surface area contributed by atoms with Gasteiger partial charge >= 0.3 is 5.97 Å². The summed E-state index contributed by atoms with van der Waals surface area (Å²) in [6.07, 6.45) is 6.50. The molecule has 1 aromatic rings. The maximum absolute atomic E-state index is 14.1. The Labute approximate surface area is 213 Å². The Morgan fingerprint density at radius 1 is 1.08 bits per heavy atom. The van der Waals surface area contributed by atoms with Gasteiger partial charge in [-0.25, -0.2) is 0 Å². The van der Waals surface area contributed by atoms with E-state index >= 15 is 0 Å². The number of esters is 1. The number of amides is 1. The lowest BCUT2D eigenvalue weighted by atomic mass is 9.54. The van der Waals surface area contributed by atoms with Gasteiger partial charge in [-0.1, -0.05) is 68.0 Å². The summed E-state index contributed by atoms with van der Waals surface area (Å²) in [4.78, 5) is 39.4. The first-order chi connectivity index (χ1) is 17.1. The molecule has 1 spiro atoms. The maximum atomic E-state index is 14.1. The standard InChI is InChI=1S/C30H37NO5/c1-17-10-9-13-23-28(34)20(4)19(3)26-24(16-22-11-7-6-8-12-22)31-29(35)30(23,26)25(36-21(5)32)15-14-18(2)27(17)33/h6-9,11-15,17-18,23-26,28,34H,10,16H2,1-5H3,(H,31,35)/b13-9-,15-14-/t17-,18-,23-,24-,25+,26?,28+,30+/m0/s1. The van der Waals surface area contributed by atoms with Crippen LogP contribution in [0.25, 0.3) is 0 Å². The minimum absolute atomic E-state index is 0.0836. The molecule has 1 fully saturated rings. The molecule has 2 aliphatic carbocycles. The molecule has 1 heterocycles. The van der Waals surface area contributed by atoms with Crippen LogP contribution >= 0.6 is 0 Å². The van der Waals surface area contributed by atoms with Crippen LogP contribution < -0.4 is 5.32 Å². The number of carbonyl (C=O) groups excluding carboxylic acids is 3. The molecule has 1 amide bonds. The van der Waals surface area contributed by atoms with Crippen LogP contribution in [0.2, 0.25) is 0 Å². The van der Waals surface area contributed by atoms with E-state index in [1.54, 1.807) is 12.2 Å². The van der Waals surface area contributed by atoms with Gasteiger partial charge in [0.2, 0.25) is 5.91 Å². The number of rotatable bonds is 3. The highest BCUT2D eigenvalue weighted by molar-refractivity contribution is 5.90. The predicted molar refractivity (Wildman–Crippen MR) is 138 cm³/mol. The molecule has 1 unspecified atom stereocenters. The molecule has 6 heteroatoms. The summed E-state index contributed by atoms with van der Waals surface area (Å²) in [5.74, 6) is -2.22. The van der Waals surface area contributed by atoms with Gasteiger partial charge in [-0.2, -0.15) is 0 Å². The van der Waals surface area contributed by atoms with Gasteiger partial charge in [0.25, 0.3) is 0 Å². The van der Waals surface area contributed by atoms with E-state index < -0.39 is 35.4 Å². The molecule has 192 valence electrons. The Morgan fingerprint density at radius 3 is 2.44 bits per heavy atom. The fraction of sp³-hybridized carbons (Fsp3) is 0.500. The number of ether oxygens (including phenoxy) is 1. The van der Waals surface area contributed by atoms with Crippen LogP contribution in [0.3, 0.4) is 0 Å². The summed E-state index contributed by atoms with van der Waals surface area (Å²) in [6.45, 7) is 8.93. The molecule has 1 saturated heterocycles. The number of allylic oxidation sites excluding steroid dienone is 2. The van der Waals surface area contributed by atoms with Crippen molar-refractivity contribution < 1.29 is 24.2 Å². The molecule has 3 aliphatic rings. The van der Waals surface area contributed by atoms with Crippen molar-refractivity contribution in [2.45, 2.75) is 65.7 Å². The molecule has 0 aromatic heterocycles. The summed E-state index contributed by atoms with van der Waals surface area (Å²) >= 11 is 0. The lowest BCUT2D eigenvalue weighted by molar-refractivity contribution is -0.161. The van der Waals surface area contributed by atoms with Gasteiger partial charge in [0.15, 0.2) is 0 Å². The highest BCUT2D eigenvalue weighted by Crippen LogP contribution is 2.57. The summed E-state index contributed by atoms with van der Waals surface area (Å²) in [7, 11) is 0. The molecule has 36 heavy (non-hydrogen) atoms. The molecular formula is C30H37NO5. The predicted octanol–water partition coefficient (Wildman–Crippen LogP) is 3.95. The van der Waals surface area contributed by atoms with Crippen molar-refractivity contribution >= 4 is 17.7 Å². The quantitative estimate of drug-likeness (QED) is 0.494. The molecule has 1 aromatic carbocycles. The van der Waals surface area contributed by atoms with E-state index in [-0.39, 0.29) is 29.6 Å². The SMILES string of the molecule is CC(=O)O[C@@H]1/C=C\[C@H](C)C(=O)[C@@H](C)C/C=C\[C@H]2[C@H](O)C(C)=C(C)C3[C@H](Cc4ccccc4)NC(=O)[C@@]312. The molecule has 2 N–H and O–H groups in total. The lowest BCUT2D eigenvalue weighted by Gasteiger charge is -2.49. The van der Waals surface area contributed by atoms with Crippen molar-refractivity contribution in [1.29, 1.82) is 0 Å². The molecule has 8 atom stereocenters. The first-order valence-corrected chi connectivity index (χ1v) is 12.8. The van der Waals surface area contributed by atoms with Crippen molar-refractivity contribution in [2.24, 2.45) is 29.1 Å². The fourth-order valence-corrected chi connectivity index (χ4v) is 6.51. The summed E-state index contributed by atoms with van der Waals surface area (Å²) < 4.78 is 5.88. The van der Waals surface area contributed by atoms with Crippen molar-refractivity contribution in [1.82, 2.24) is 5.32 Å². The van der Waals surface area contributed by atoms with Gasteiger partial charge < -0.3 is 15.2 Å². The number of hydrogen-bond donors (Lipinski definition) is 2. The van der Waals surface area contributed by atoms with Crippen LogP contribution in [0.15, 0.2) is 65.8 Å². The summed E-state index contributed by atoms with van der Waals surface area (Å²) in [6, 6.07) is 9.74. The van der Waals surface area contributed by atoms with Crippen molar-refractivity contribution in [2.75, 3.05) is 0 Å². The zero-order valence-corrected chi connectivity index (χ0v) is 21.7. The summed E-state index contributed by atoms with van der Waals surface area (Å²) in [5.41, 5.74) is 1.60. The van der Waals surface area contributed by atoms with Gasteiger partial charge in [0.05, 0.1) is 6.10 Å². The third kappa shape index (κ3) is 4.36. The van der Waals surface area contributed by atoms with Crippen molar-refractivity contribution in [3.8, 4) is 0 Å². The Bertz CT molecular complexity index is 1120. The van der Waals surface area contributed by atoms with Gasteiger partial charge in [-0.3, -0.25) is 14.4 Å². The molecule has 6 nitrogen and oxygen atoms in total. The monoisotopic (exact) mass is 491 g/mol. The van der Waals surface area contributed by atoms with Gasteiger partial charge in [0.1, 0.15) is 17.3 Å². The number of ketones is 1. The third-order valence-electron chi connectivity index (χ3n) is 8.45. The Hall–Kier alpha value is -2.99. The molecule has 0 radical (unpaired) electrons. The van der Waals surface area contributed by atoms with Crippen LogP contribution in [-0.4, -0.2) is 41.0 Å². The number of aliphatic hydroxyl groups excluding tert-OH is 1. The van der Waals surface area contributed by atoms with E-state index in [9.17, 15) is 19.5 Å². The normalized spacial score (nSPS) is 38.3. The second-order valence-corrected chi connectivity index (χ2v) is 10.7. The minimum atomic E-state index is -1.25. The van der Waals surface area contributed by atoms with Crippen LogP contribution in [0, 0.1) is 29.1 Å². The first-order valence-electron chi connectivity index (χ1n) is 12.8. The minimum Gasteiger partial charge on any atom is -0.457 e. The number of nitrogens with one attached hydrogen (secondary N) is 1. The maximum Gasteiger partial charge on any atom is 0.303 e. The van der Waals surface area contributed by atoms with E-state index in [1.165, 1.54) is 6.92 Å². The van der Waals surface area contributed by atoms with E-state index in [0.717, 1.165) is 16.7 Å². The van der Waals surface area contributed by atoms with E-state index in [4.69, 9.17) is 4.74 Å². The van der Waals surface area contributed by atoms with Crippen molar-refractivity contribution in [3.05, 3.63) is 71.3 Å². The Balaban J connectivity index is 1.94. The topological polar surface area (TPSA) is 92.7 Å². The largest absolute Gasteiger partial charge is 0.457 e. The molecule has 0 bridgehead atoms. The van der Waals surface area contributed by atoms with Gasteiger partial charge in [0, 0.05) is 36.6 Å². The van der Waals surface area contributed by atoms with Gasteiger partial charge in [-0.05, 0) is 43.9 Å². The van der Waals surface area contributed by atoms with Crippen LogP contribution in [0.1, 0.15) is 46.6 Å². The zero-order valence-electron chi connectivity index (χ0n) is 21.7. The Morgan fingerprint density at radius 2 is 1.78 bits per heavy atom. The van der Waals surface area contributed by atoms with Crippen LogP contribution in [0.4, 0.5) is 0 Å². The molecule has 0 saturated carbocycles. The van der Waals surface area contributed by atoms with Crippen molar-refractivity contribution in [3.63, 3.8) is 0 Å². The molecule has 1 aliphatic heterocycles. The van der Waals surface area contributed by atoms with E-state index in [1.807, 2.05) is 70.2 Å². The van der Waals surface area contributed by atoms with Crippen LogP contribution in [-0.2, 0) is 25.5 Å². The highest BCUT2D eigenvalue weighted by Gasteiger charge is 2.67. The average Bonchev–Trinajstić information content (AvgIpc) is 3.13. The molecule has 4 rings (SSSR count). The summed E-state index contributed by atoms with van der Waals surface area (Å²) in [5, 5.41) is 14.8. The number of carbonyl (C=O) groups is 3. The highest BCUT2D eigenvalue weighted by atomic mass is 16.5. The average molecular weight is 492 g/mol. The second-order valence-electron chi connectivity index (χ2n) is 10.7. The number of aliphatic hydroxyl groups is 1. The van der Waals surface area contributed by atoms with E-state index in [0.29, 0.717) is 12.8 Å². The number of hydrogen-bond acceptors (Lipinski definition) is 5.